The van der Waals surface area contributed by atoms with Crippen LogP contribution in [0.15, 0.2) is 24.3 Å². The molecule has 1 aromatic carbocycles. The fourth-order valence-electron chi connectivity index (χ4n) is 1.67. The summed E-state index contributed by atoms with van der Waals surface area (Å²) in [4.78, 5) is 0. The van der Waals surface area contributed by atoms with E-state index in [1.165, 1.54) is 0 Å². The van der Waals surface area contributed by atoms with Gasteiger partial charge in [-0.3, -0.25) is 0 Å². The smallest absolute Gasteiger partial charge is 0.0781 e. The maximum atomic E-state index is 10.1. The standard InChI is InChI=1S/C13H21NO/c1-9-7-5-6-8-10(9)11(14)12(15)13(2,3)4/h5-8,11-12,15H,14H2,1-4H3/t11-,12-/m1/s1. The van der Waals surface area contributed by atoms with Crippen molar-refractivity contribution in [2.24, 2.45) is 11.1 Å². The van der Waals surface area contributed by atoms with Crippen LogP contribution < -0.4 is 5.73 Å². The highest BCUT2D eigenvalue weighted by atomic mass is 16.3. The second kappa shape index (κ2) is 4.33. The molecular formula is C13H21NO. The number of aliphatic hydroxyl groups is 1. The molecule has 0 aliphatic carbocycles. The SMILES string of the molecule is Cc1ccccc1[C@@H](N)[C@@H](O)C(C)(C)C. The molecule has 0 saturated heterocycles. The van der Waals surface area contributed by atoms with Crippen molar-refractivity contribution < 1.29 is 5.11 Å². The summed E-state index contributed by atoms with van der Waals surface area (Å²) >= 11 is 0. The molecule has 0 unspecified atom stereocenters. The van der Waals surface area contributed by atoms with Gasteiger partial charge in [-0.25, -0.2) is 0 Å². The lowest BCUT2D eigenvalue weighted by Gasteiger charge is -2.31. The summed E-state index contributed by atoms with van der Waals surface area (Å²) in [5, 5.41) is 10.1. The Hall–Kier alpha value is -0.860. The van der Waals surface area contributed by atoms with Crippen LogP contribution in [0.25, 0.3) is 0 Å². The molecule has 2 atom stereocenters. The number of hydrogen-bond donors (Lipinski definition) is 2. The molecule has 0 radical (unpaired) electrons. The summed E-state index contributed by atoms with van der Waals surface area (Å²) in [5.41, 5.74) is 8.04. The predicted octanol–water partition coefficient (Wildman–Crippen LogP) is 2.40. The van der Waals surface area contributed by atoms with Crippen molar-refractivity contribution in [1.82, 2.24) is 0 Å². The minimum atomic E-state index is -0.529. The van der Waals surface area contributed by atoms with Crippen LogP contribution in [0, 0.1) is 12.3 Å². The number of hydrogen-bond acceptors (Lipinski definition) is 2. The van der Waals surface area contributed by atoms with Gasteiger partial charge in [0.25, 0.3) is 0 Å². The Morgan fingerprint density at radius 1 is 1.20 bits per heavy atom. The van der Waals surface area contributed by atoms with E-state index in [2.05, 4.69) is 0 Å². The highest BCUT2D eigenvalue weighted by Gasteiger charge is 2.29. The minimum Gasteiger partial charge on any atom is -0.391 e. The molecule has 0 heterocycles. The van der Waals surface area contributed by atoms with Crippen molar-refractivity contribution >= 4 is 0 Å². The fourth-order valence-corrected chi connectivity index (χ4v) is 1.67. The first-order valence-electron chi connectivity index (χ1n) is 5.33. The van der Waals surface area contributed by atoms with Gasteiger partial charge in [0, 0.05) is 0 Å². The van der Waals surface area contributed by atoms with Gasteiger partial charge >= 0.3 is 0 Å². The fraction of sp³-hybridized carbons (Fsp3) is 0.538. The van der Waals surface area contributed by atoms with Gasteiger partial charge in [0.2, 0.25) is 0 Å². The maximum absolute atomic E-state index is 10.1. The Morgan fingerprint density at radius 2 is 1.73 bits per heavy atom. The summed E-state index contributed by atoms with van der Waals surface area (Å²) < 4.78 is 0. The van der Waals surface area contributed by atoms with Crippen LogP contribution >= 0.6 is 0 Å². The molecule has 84 valence electrons. The number of rotatable bonds is 2. The summed E-state index contributed by atoms with van der Waals surface area (Å²) in [5.74, 6) is 0. The van der Waals surface area contributed by atoms with Crippen LogP contribution in [0.4, 0.5) is 0 Å². The predicted molar refractivity (Wildman–Crippen MR) is 63.6 cm³/mol. The lowest BCUT2D eigenvalue weighted by atomic mass is 9.82. The van der Waals surface area contributed by atoms with E-state index in [0.717, 1.165) is 11.1 Å². The molecular weight excluding hydrogens is 186 g/mol. The van der Waals surface area contributed by atoms with Gasteiger partial charge < -0.3 is 10.8 Å². The summed E-state index contributed by atoms with van der Waals surface area (Å²) in [6.45, 7) is 8.01. The average molecular weight is 207 g/mol. The molecule has 15 heavy (non-hydrogen) atoms. The zero-order chi connectivity index (χ0) is 11.6. The summed E-state index contributed by atoms with van der Waals surface area (Å²) in [7, 11) is 0. The molecule has 2 nitrogen and oxygen atoms in total. The van der Waals surface area contributed by atoms with Gasteiger partial charge in [-0.05, 0) is 23.5 Å². The number of aryl methyl sites for hydroxylation is 1. The average Bonchev–Trinajstić information content (AvgIpc) is 2.15. The number of benzene rings is 1. The van der Waals surface area contributed by atoms with E-state index < -0.39 is 6.10 Å². The normalized spacial score (nSPS) is 16.1. The highest BCUT2D eigenvalue weighted by molar-refractivity contribution is 5.29. The van der Waals surface area contributed by atoms with Gasteiger partial charge in [0.15, 0.2) is 0 Å². The molecule has 0 amide bonds. The van der Waals surface area contributed by atoms with E-state index in [0.29, 0.717) is 0 Å². The summed E-state index contributed by atoms with van der Waals surface area (Å²) in [6, 6.07) is 7.62. The monoisotopic (exact) mass is 207 g/mol. The maximum Gasteiger partial charge on any atom is 0.0781 e. The Morgan fingerprint density at radius 3 is 2.20 bits per heavy atom. The zero-order valence-corrected chi connectivity index (χ0v) is 9.99. The third-order valence-electron chi connectivity index (χ3n) is 2.78. The van der Waals surface area contributed by atoms with E-state index in [9.17, 15) is 5.11 Å². The second-order valence-electron chi connectivity index (χ2n) is 5.19. The second-order valence-corrected chi connectivity index (χ2v) is 5.19. The Bertz CT molecular complexity index is 328. The van der Waals surface area contributed by atoms with Crippen LogP contribution in [0.3, 0.4) is 0 Å². The van der Waals surface area contributed by atoms with Crippen molar-refractivity contribution in [2.45, 2.75) is 39.8 Å². The highest BCUT2D eigenvalue weighted by Crippen LogP contribution is 2.29. The van der Waals surface area contributed by atoms with Crippen LogP contribution in [0.5, 0.6) is 0 Å². The third kappa shape index (κ3) is 2.80. The van der Waals surface area contributed by atoms with Crippen molar-refractivity contribution in [1.29, 1.82) is 0 Å². The molecule has 3 N–H and O–H groups in total. The summed E-state index contributed by atoms with van der Waals surface area (Å²) in [6.07, 6.45) is -0.529. The van der Waals surface area contributed by atoms with Crippen molar-refractivity contribution in [3.05, 3.63) is 35.4 Å². The Kier molecular flexibility index (Phi) is 3.53. The lowest BCUT2D eigenvalue weighted by Crippen LogP contribution is -2.37. The molecule has 0 saturated carbocycles. The molecule has 2 heteroatoms. The first-order valence-corrected chi connectivity index (χ1v) is 5.33. The van der Waals surface area contributed by atoms with E-state index in [1.54, 1.807) is 0 Å². The molecule has 0 aliphatic heterocycles. The van der Waals surface area contributed by atoms with Crippen molar-refractivity contribution in [2.75, 3.05) is 0 Å². The van der Waals surface area contributed by atoms with Crippen LogP contribution in [-0.2, 0) is 0 Å². The lowest BCUT2D eigenvalue weighted by molar-refractivity contribution is 0.0399. The molecule has 0 aliphatic rings. The van der Waals surface area contributed by atoms with E-state index in [4.69, 9.17) is 5.73 Å². The number of aliphatic hydroxyl groups excluding tert-OH is 1. The van der Waals surface area contributed by atoms with Gasteiger partial charge in [-0.1, -0.05) is 45.0 Å². The molecule has 0 aromatic heterocycles. The van der Waals surface area contributed by atoms with Crippen LogP contribution in [-0.4, -0.2) is 11.2 Å². The van der Waals surface area contributed by atoms with Crippen molar-refractivity contribution in [3.8, 4) is 0 Å². The topological polar surface area (TPSA) is 46.2 Å². The molecule has 1 rings (SSSR count). The van der Waals surface area contributed by atoms with Gasteiger partial charge in [0.1, 0.15) is 0 Å². The van der Waals surface area contributed by atoms with E-state index >= 15 is 0 Å². The first kappa shape index (κ1) is 12.2. The van der Waals surface area contributed by atoms with Crippen LogP contribution in [0.1, 0.15) is 37.9 Å². The Labute approximate surface area is 92.1 Å². The Balaban J connectivity index is 2.95. The van der Waals surface area contributed by atoms with Crippen molar-refractivity contribution in [3.63, 3.8) is 0 Å². The first-order chi connectivity index (χ1) is 6.84. The number of nitrogens with two attached hydrogens (primary N) is 1. The minimum absolute atomic E-state index is 0.193. The third-order valence-corrected chi connectivity index (χ3v) is 2.78. The van der Waals surface area contributed by atoms with Gasteiger partial charge in [-0.2, -0.15) is 0 Å². The largest absolute Gasteiger partial charge is 0.391 e. The van der Waals surface area contributed by atoms with E-state index in [-0.39, 0.29) is 11.5 Å². The molecule has 1 aromatic rings. The van der Waals surface area contributed by atoms with Gasteiger partial charge in [0.05, 0.1) is 12.1 Å². The molecule has 0 fully saturated rings. The van der Waals surface area contributed by atoms with Gasteiger partial charge in [-0.15, -0.1) is 0 Å². The molecule has 0 bridgehead atoms. The molecule has 0 spiro atoms. The quantitative estimate of drug-likeness (QED) is 0.782. The van der Waals surface area contributed by atoms with E-state index in [1.807, 2.05) is 52.0 Å². The zero-order valence-electron chi connectivity index (χ0n) is 9.99. The van der Waals surface area contributed by atoms with Crippen LogP contribution in [0.2, 0.25) is 0 Å².